The summed E-state index contributed by atoms with van der Waals surface area (Å²) in [6.45, 7) is 1.85. The smallest absolute Gasteiger partial charge is 0.323 e. The van der Waals surface area contributed by atoms with Gasteiger partial charge in [0.1, 0.15) is 32.5 Å². The Labute approximate surface area is 285 Å². The van der Waals surface area contributed by atoms with Gasteiger partial charge in [0.25, 0.3) is 11.1 Å². The van der Waals surface area contributed by atoms with E-state index in [0.717, 1.165) is 77.0 Å². The highest BCUT2D eigenvalue weighted by Crippen LogP contribution is 2.51. The van der Waals surface area contributed by atoms with E-state index in [1.807, 2.05) is 24.3 Å². The minimum absolute atomic E-state index is 0.149. The lowest BCUT2D eigenvalue weighted by Gasteiger charge is -2.27. The zero-order chi connectivity index (χ0) is 33.8. The van der Waals surface area contributed by atoms with Crippen molar-refractivity contribution in [3.8, 4) is 12.1 Å². The number of hydrogen-bond donors (Lipinski definition) is 1. The maximum atomic E-state index is 13.8. The van der Waals surface area contributed by atoms with Gasteiger partial charge in [-0.1, -0.05) is 75.8 Å². The van der Waals surface area contributed by atoms with Gasteiger partial charge in [0.05, 0.1) is 4.53 Å². The predicted molar refractivity (Wildman–Crippen MR) is 189 cm³/mol. The number of thiazole rings is 2. The van der Waals surface area contributed by atoms with Gasteiger partial charge >= 0.3 is 5.97 Å². The van der Waals surface area contributed by atoms with Crippen molar-refractivity contribution in [1.82, 2.24) is 9.13 Å². The number of carboxylic acids is 1. The van der Waals surface area contributed by atoms with Crippen LogP contribution in [0.3, 0.4) is 0 Å². The summed E-state index contributed by atoms with van der Waals surface area (Å²) in [6, 6.07) is 20.8. The van der Waals surface area contributed by atoms with Crippen LogP contribution in [0.4, 0.5) is 11.4 Å². The molecule has 1 saturated carbocycles. The summed E-state index contributed by atoms with van der Waals surface area (Å²) in [5.74, 6) is -0.679. The van der Waals surface area contributed by atoms with Crippen LogP contribution < -0.4 is 25.2 Å². The molecule has 0 saturated heterocycles. The molecule has 4 aromatic rings. The summed E-state index contributed by atoms with van der Waals surface area (Å²) in [4.78, 5) is 41.8. The second kappa shape index (κ2) is 14.6. The molecule has 1 N–H and O–H groups in total. The highest BCUT2D eigenvalue weighted by Gasteiger charge is 2.41. The number of nitrogens with zero attached hydrogens (tertiary/aromatic N) is 5. The van der Waals surface area contributed by atoms with Crippen molar-refractivity contribution in [2.75, 3.05) is 4.90 Å². The van der Waals surface area contributed by atoms with Gasteiger partial charge < -0.3 is 10.0 Å². The van der Waals surface area contributed by atoms with Crippen LogP contribution in [-0.2, 0) is 17.9 Å². The van der Waals surface area contributed by atoms with E-state index in [0.29, 0.717) is 29.5 Å². The van der Waals surface area contributed by atoms with E-state index >= 15 is 0 Å². The third-order valence-electron chi connectivity index (χ3n) is 9.33. The van der Waals surface area contributed by atoms with Gasteiger partial charge in [-0.3, -0.25) is 23.5 Å². The molecule has 0 amide bonds. The first-order chi connectivity index (χ1) is 23.4. The number of aromatic nitrogens is 2. The Morgan fingerprint density at radius 2 is 1.67 bits per heavy atom. The third kappa shape index (κ3) is 6.41. The van der Waals surface area contributed by atoms with E-state index < -0.39 is 23.6 Å². The molecular formula is C37H37N5O4S2. The quantitative estimate of drug-likeness (QED) is 0.202. The second-order valence-electron chi connectivity index (χ2n) is 12.4. The van der Waals surface area contributed by atoms with Crippen molar-refractivity contribution in [1.29, 1.82) is 10.5 Å². The summed E-state index contributed by atoms with van der Waals surface area (Å²) in [5, 5.41) is 29.0. The van der Waals surface area contributed by atoms with Gasteiger partial charge in [-0.25, -0.2) is 0 Å². The molecule has 2 aromatic carbocycles. The molecule has 6 rings (SSSR count). The van der Waals surface area contributed by atoms with Crippen molar-refractivity contribution in [3.05, 3.63) is 98.8 Å². The summed E-state index contributed by atoms with van der Waals surface area (Å²) in [5.41, 5.74) is 3.38. The molecule has 2 unspecified atom stereocenters. The molecule has 2 atom stereocenters. The van der Waals surface area contributed by atoms with Crippen LogP contribution in [0.2, 0.25) is 0 Å². The number of carbonyl (C=O) groups is 1. The predicted octanol–water partition coefficient (Wildman–Crippen LogP) is 5.68. The lowest BCUT2D eigenvalue weighted by atomic mass is 9.98. The lowest BCUT2D eigenvalue weighted by Crippen LogP contribution is -2.30. The number of rotatable bonds is 11. The Bertz CT molecular complexity index is 2250. The third-order valence-corrected chi connectivity index (χ3v) is 11.8. The van der Waals surface area contributed by atoms with Gasteiger partial charge in [0.15, 0.2) is 5.57 Å². The molecule has 0 bridgehead atoms. The van der Waals surface area contributed by atoms with Crippen molar-refractivity contribution in [3.63, 3.8) is 0 Å². The Kier molecular flexibility index (Phi) is 10.1. The number of aliphatic carboxylic acids is 1. The van der Waals surface area contributed by atoms with Crippen LogP contribution >= 0.6 is 22.7 Å². The molecule has 246 valence electrons. The fraction of sp³-hybridized carbons (Fsp3) is 0.378. The molecule has 1 aliphatic heterocycles. The van der Waals surface area contributed by atoms with Gasteiger partial charge in [-0.15, -0.1) is 22.7 Å². The maximum absolute atomic E-state index is 13.8. The molecule has 9 nitrogen and oxygen atoms in total. The summed E-state index contributed by atoms with van der Waals surface area (Å²) < 4.78 is 3.42. The first kappa shape index (κ1) is 33.2. The van der Waals surface area contributed by atoms with Crippen LogP contribution in [0.5, 0.6) is 0 Å². The number of anilines is 2. The van der Waals surface area contributed by atoms with Gasteiger partial charge in [-0.05, 0) is 54.7 Å². The minimum atomic E-state index is -1.21. The summed E-state index contributed by atoms with van der Waals surface area (Å²) in [7, 11) is 0. The first-order valence-electron chi connectivity index (χ1n) is 16.6. The number of benzene rings is 2. The fourth-order valence-corrected chi connectivity index (χ4v) is 9.45. The number of hydrogen-bond acceptors (Lipinski definition) is 8. The Morgan fingerprint density at radius 3 is 2.40 bits per heavy atom. The van der Waals surface area contributed by atoms with Gasteiger partial charge in [0, 0.05) is 29.9 Å². The molecule has 1 aliphatic carbocycles. The minimum Gasteiger partial charge on any atom is -0.480 e. The molecule has 11 heteroatoms. The van der Waals surface area contributed by atoms with Crippen LogP contribution in [0.1, 0.15) is 81.8 Å². The fourth-order valence-electron chi connectivity index (χ4n) is 7.10. The molecule has 1 fully saturated rings. The first-order valence-corrected chi connectivity index (χ1v) is 18.2. The highest BCUT2D eigenvalue weighted by atomic mass is 32.1. The monoisotopic (exact) mass is 679 g/mol. The van der Waals surface area contributed by atoms with Crippen molar-refractivity contribution < 1.29 is 9.90 Å². The van der Waals surface area contributed by atoms with Gasteiger partial charge in [-0.2, -0.15) is 10.5 Å². The molecule has 2 aromatic heterocycles. The number of unbranched alkanes of at least 4 members (excludes halogenated alkanes) is 5. The average Bonchev–Trinajstić information content (AvgIpc) is 3.83. The Hall–Kier alpha value is -4.71. The van der Waals surface area contributed by atoms with Crippen LogP contribution in [-0.4, -0.2) is 26.3 Å². The number of para-hydroxylation sites is 1. The van der Waals surface area contributed by atoms with E-state index in [-0.39, 0.29) is 19.4 Å². The SMILES string of the molecule is CCCCCCCCn1c(=C(C#N)C#N)s/c(=c2/s/c(=C\c3ccc(N4c5ccccc5C5CCCC54)cc3)c(=O)n2CC(=O)O)c1=O. The topological polar surface area (TPSA) is 132 Å². The summed E-state index contributed by atoms with van der Waals surface area (Å²) in [6.07, 6.45) is 11.3. The Morgan fingerprint density at radius 1 is 0.938 bits per heavy atom. The van der Waals surface area contributed by atoms with E-state index in [9.17, 15) is 30.0 Å². The Balaban J connectivity index is 1.43. The van der Waals surface area contributed by atoms with E-state index in [2.05, 4.69) is 48.2 Å². The molecule has 2 aliphatic rings. The lowest BCUT2D eigenvalue weighted by molar-refractivity contribution is -0.137. The molecule has 0 spiro atoms. The van der Waals surface area contributed by atoms with Gasteiger partial charge in [0.2, 0.25) is 0 Å². The zero-order valence-corrected chi connectivity index (χ0v) is 28.5. The van der Waals surface area contributed by atoms with E-state index in [1.165, 1.54) is 28.7 Å². The van der Waals surface area contributed by atoms with E-state index in [1.54, 1.807) is 6.08 Å². The normalized spacial score (nSPS) is 17.6. The largest absolute Gasteiger partial charge is 0.480 e. The maximum Gasteiger partial charge on any atom is 0.323 e. The number of fused-ring (bicyclic) bond motifs is 3. The van der Waals surface area contributed by atoms with Crippen molar-refractivity contribution in [2.45, 2.75) is 89.8 Å². The van der Waals surface area contributed by atoms with E-state index in [4.69, 9.17) is 0 Å². The van der Waals surface area contributed by atoms with Crippen molar-refractivity contribution >= 4 is 51.7 Å². The van der Waals surface area contributed by atoms with Crippen LogP contribution in [0, 0.1) is 31.9 Å². The second-order valence-corrected chi connectivity index (χ2v) is 14.4. The molecular weight excluding hydrogens is 643 g/mol. The molecule has 48 heavy (non-hydrogen) atoms. The number of nitriles is 2. The van der Waals surface area contributed by atoms with Crippen LogP contribution in [0.25, 0.3) is 11.6 Å². The number of carboxylic acid groups (broad SMARTS) is 1. The average molecular weight is 680 g/mol. The zero-order valence-electron chi connectivity index (χ0n) is 26.9. The van der Waals surface area contributed by atoms with Crippen molar-refractivity contribution in [2.24, 2.45) is 0 Å². The van der Waals surface area contributed by atoms with Crippen LogP contribution in [0.15, 0.2) is 58.1 Å². The standard InChI is InChI=1S/C37H37N5O4S2/c1-2-3-4-5-6-9-19-40-35(46)33(48-36(40)25(21-38)22-39)37-41(23-32(43)44)34(45)31(47-37)20-24-15-17-26(18-16-24)42-29-13-8-7-11-27(29)28-12-10-14-30(28)42/h7-8,11,13,15-18,20,28,30H,2-6,9-10,12,14,19,23H2,1H3,(H,43,44)/b31-20-,37-33+. The molecule has 0 radical (unpaired) electrons. The summed E-state index contributed by atoms with van der Waals surface area (Å²) >= 11 is 2.02. The molecule has 3 heterocycles. The highest BCUT2D eigenvalue weighted by molar-refractivity contribution is 7.11.